The molecule has 0 saturated heterocycles. The van der Waals surface area contributed by atoms with Gasteiger partial charge in [-0.05, 0) is 25.3 Å². The van der Waals surface area contributed by atoms with E-state index in [2.05, 4.69) is 15.9 Å². The average molecular weight is 363 g/mol. The molecule has 0 spiro atoms. The van der Waals surface area contributed by atoms with E-state index in [0.29, 0.717) is 24.0 Å². The van der Waals surface area contributed by atoms with Crippen LogP contribution < -0.4 is 0 Å². The summed E-state index contributed by atoms with van der Waals surface area (Å²) >= 11 is 3.21. The number of hydrogen-bond donors (Lipinski definition) is 0. The van der Waals surface area contributed by atoms with Gasteiger partial charge in [0.25, 0.3) is 5.91 Å². The Labute approximate surface area is 128 Å². The van der Waals surface area contributed by atoms with Crippen molar-refractivity contribution in [3.05, 3.63) is 39.4 Å². The van der Waals surface area contributed by atoms with Crippen molar-refractivity contribution in [1.82, 2.24) is 4.90 Å². The number of carbonyl (C=O) groups excluding carboxylic acids is 1. The van der Waals surface area contributed by atoms with Crippen LogP contribution in [0.2, 0.25) is 0 Å². The van der Waals surface area contributed by atoms with Gasteiger partial charge >= 0.3 is 5.69 Å². The maximum atomic E-state index is 14.1. The minimum absolute atomic E-state index is 0.0169. The molecule has 0 aliphatic heterocycles. The van der Waals surface area contributed by atoms with Crippen LogP contribution in [0, 0.1) is 21.7 Å². The molecule has 5 nitrogen and oxygen atoms in total. The first-order valence-electron chi connectivity index (χ1n) is 6.46. The van der Waals surface area contributed by atoms with Gasteiger partial charge in [0.1, 0.15) is 5.82 Å². The number of nitro groups is 1. The van der Waals surface area contributed by atoms with Crippen molar-refractivity contribution in [3.8, 4) is 0 Å². The topological polar surface area (TPSA) is 63.4 Å². The number of benzene rings is 1. The largest absolute Gasteiger partial charge is 0.335 e. The maximum absolute atomic E-state index is 14.1. The van der Waals surface area contributed by atoms with Gasteiger partial charge in [0.05, 0.1) is 16.6 Å². The molecule has 2 rings (SSSR count). The second-order valence-electron chi connectivity index (χ2n) is 4.82. The summed E-state index contributed by atoms with van der Waals surface area (Å²) in [6, 6.07) is 1.17. The molecule has 21 heavy (non-hydrogen) atoms. The standard InChI is InChI=1S/C13H13BrF2N2O3/c14-4-5-17(9-2-1-3-9)13(19)10-6-8(15)7-11(12(10)16)18(20)21/h6-7,9H,1-5H2. The minimum atomic E-state index is -1.29. The Kier molecular flexibility index (Phi) is 4.87. The van der Waals surface area contributed by atoms with Gasteiger partial charge in [0, 0.05) is 17.9 Å². The predicted molar refractivity (Wildman–Crippen MR) is 75.5 cm³/mol. The molecule has 0 bridgehead atoms. The number of alkyl halides is 1. The van der Waals surface area contributed by atoms with Crippen LogP contribution in [-0.4, -0.2) is 33.6 Å². The Hall–Kier alpha value is -1.57. The van der Waals surface area contributed by atoms with E-state index >= 15 is 0 Å². The number of hydrogen-bond acceptors (Lipinski definition) is 3. The molecule has 0 radical (unpaired) electrons. The van der Waals surface area contributed by atoms with Crippen molar-refractivity contribution < 1.29 is 18.5 Å². The van der Waals surface area contributed by atoms with E-state index in [-0.39, 0.29) is 6.04 Å². The zero-order valence-electron chi connectivity index (χ0n) is 11.0. The first kappa shape index (κ1) is 15.8. The molecule has 1 amide bonds. The Balaban J connectivity index is 2.39. The molecule has 1 aromatic carbocycles. The summed E-state index contributed by atoms with van der Waals surface area (Å²) < 4.78 is 27.5. The third-order valence-electron chi connectivity index (χ3n) is 3.55. The van der Waals surface area contributed by atoms with Crippen molar-refractivity contribution in [2.45, 2.75) is 25.3 Å². The maximum Gasteiger partial charge on any atom is 0.308 e. The fourth-order valence-corrected chi connectivity index (χ4v) is 2.64. The van der Waals surface area contributed by atoms with Crippen LogP contribution in [0.15, 0.2) is 12.1 Å². The normalized spacial score (nSPS) is 14.6. The monoisotopic (exact) mass is 362 g/mol. The summed E-state index contributed by atoms with van der Waals surface area (Å²) in [5.74, 6) is -3.00. The van der Waals surface area contributed by atoms with Gasteiger partial charge < -0.3 is 4.90 Å². The van der Waals surface area contributed by atoms with Gasteiger partial charge in [-0.15, -0.1) is 0 Å². The highest BCUT2D eigenvalue weighted by atomic mass is 79.9. The Morgan fingerprint density at radius 3 is 2.57 bits per heavy atom. The van der Waals surface area contributed by atoms with E-state index in [1.165, 1.54) is 4.90 Å². The fraction of sp³-hybridized carbons (Fsp3) is 0.462. The first-order valence-corrected chi connectivity index (χ1v) is 7.58. The fourth-order valence-electron chi connectivity index (χ4n) is 2.26. The van der Waals surface area contributed by atoms with Crippen molar-refractivity contribution >= 4 is 27.5 Å². The van der Waals surface area contributed by atoms with E-state index < -0.39 is 33.7 Å². The van der Waals surface area contributed by atoms with Crippen LogP contribution in [0.3, 0.4) is 0 Å². The second kappa shape index (κ2) is 6.46. The van der Waals surface area contributed by atoms with Crippen molar-refractivity contribution in [2.24, 2.45) is 0 Å². The van der Waals surface area contributed by atoms with Gasteiger partial charge in [0.2, 0.25) is 5.82 Å². The highest BCUT2D eigenvalue weighted by molar-refractivity contribution is 9.09. The average Bonchev–Trinajstić information content (AvgIpc) is 2.37. The van der Waals surface area contributed by atoms with E-state index in [0.717, 1.165) is 19.3 Å². The summed E-state index contributed by atoms with van der Waals surface area (Å²) in [6.07, 6.45) is 2.58. The number of halogens is 3. The lowest BCUT2D eigenvalue weighted by Crippen LogP contribution is -2.45. The molecule has 0 unspecified atom stereocenters. The quantitative estimate of drug-likeness (QED) is 0.458. The van der Waals surface area contributed by atoms with Gasteiger partial charge in [-0.2, -0.15) is 4.39 Å². The highest BCUT2D eigenvalue weighted by Crippen LogP contribution is 2.29. The van der Waals surface area contributed by atoms with Gasteiger partial charge in [-0.25, -0.2) is 4.39 Å². The lowest BCUT2D eigenvalue weighted by Gasteiger charge is -2.37. The van der Waals surface area contributed by atoms with E-state index in [9.17, 15) is 23.7 Å². The third kappa shape index (κ3) is 3.20. The number of amides is 1. The SMILES string of the molecule is O=C(c1cc(F)cc([N+](=O)[O-])c1F)N(CCBr)C1CCC1. The summed E-state index contributed by atoms with van der Waals surface area (Å²) in [5.41, 5.74) is -1.61. The van der Waals surface area contributed by atoms with E-state index in [1.807, 2.05) is 0 Å². The summed E-state index contributed by atoms with van der Waals surface area (Å²) in [7, 11) is 0. The molecule has 1 saturated carbocycles. The molecular weight excluding hydrogens is 350 g/mol. The molecule has 0 heterocycles. The number of carbonyl (C=O) groups is 1. The molecule has 8 heteroatoms. The van der Waals surface area contributed by atoms with Crippen LogP contribution in [0.25, 0.3) is 0 Å². The first-order chi connectivity index (χ1) is 9.95. The van der Waals surface area contributed by atoms with Gasteiger partial charge in [-0.1, -0.05) is 15.9 Å². The lowest BCUT2D eigenvalue weighted by atomic mass is 9.91. The zero-order valence-corrected chi connectivity index (χ0v) is 12.6. The van der Waals surface area contributed by atoms with Crippen molar-refractivity contribution in [1.29, 1.82) is 0 Å². The predicted octanol–water partition coefficient (Wildman–Crippen LogP) is 3.26. The molecule has 114 valence electrons. The smallest absolute Gasteiger partial charge is 0.308 e. The van der Waals surface area contributed by atoms with Crippen LogP contribution in [0.4, 0.5) is 14.5 Å². The van der Waals surface area contributed by atoms with Gasteiger partial charge in [0.15, 0.2) is 0 Å². The van der Waals surface area contributed by atoms with E-state index in [1.54, 1.807) is 0 Å². The van der Waals surface area contributed by atoms with E-state index in [4.69, 9.17) is 0 Å². The molecule has 1 fully saturated rings. The second-order valence-corrected chi connectivity index (χ2v) is 5.61. The summed E-state index contributed by atoms with van der Waals surface area (Å²) in [4.78, 5) is 23.5. The van der Waals surface area contributed by atoms with Gasteiger partial charge in [-0.3, -0.25) is 14.9 Å². The Morgan fingerprint density at radius 2 is 2.10 bits per heavy atom. The third-order valence-corrected chi connectivity index (χ3v) is 3.90. The molecule has 1 aromatic rings. The van der Waals surface area contributed by atoms with Crippen molar-refractivity contribution in [3.63, 3.8) is 0 Å². The molecule has 0 N–H and O–H groups in total. The summed E-state index contributed by atoms with van der Waals surface area (Å²) in [6.45, 7) is 0.341. The van der Waals surface area contributed by atoms with Crippen LogP contribution in [-0.2, 0) is 0 Å². The Bertz CT molecular complexity index is 579. The number of rotatable bonds is 5. The summed E-state index contributed by atoms with van der Waals surface area (Å²) in [5, 5.41) is 11.2. The van der Waals surface area contributed by atoms with Crippen LogP contribution >= 0.6 is 15.9 Å². The molecule has 1 aliphatic rings. The lowest BCUT2D eigenvalue weighted by molar-refractivity contribution is -0.387. The van der Waals surface area contributed by atoms with Crippen LogP contribution in [0.1, 0.15) is 29.6 Å². The Morgan fingerprint density at radius 1 is 1.43 bits per heavy atom. The zero-order chi connectivity index (χ0) is 15.6. The minimum Gasteiger partial charge on any atom is -0.335 e. The highest BCUT2D eigenvalue weighted by Gasteiger charge is 2.32. The molecule has 0 atom stereocenters. The number of nitrogens with zero attached hydrogens (tertiary/aromatic N) is 2. The van der Waals surface area contributed by atoms with Crippen molar-refractivity contribution in [2.75, 3.05) is 11.9 Å². The molecule has 1 aliphatic carbocycles. The van der Waals surface area contributed by atoms with Crippen LogP contribution in [0.5, 0.6) is 0 Å². The molecular formula is C13H13BrF2N2O3. The molecule has 0 aromatic heterocycles. The number of nitro benzene ring substituents is 1.